The summed E-state index contributed by atoms with van der Waals surface area (Å²) in [5.41, 5.74) is 7.47. The smallest absolute Gasteiger partial charge is 0.475 e. The minimum Gasteiger partial charge on any atom is -0.475 e. The maximum Gasteiger partial charge on any atom is 0.490 e. The number of rotatable bonds is 8. The van der Waals surface area contributed by atoms with Crippen LogP contribution in [0.4, 0.5) is 33.5 Å². The average molecular weight is 807 g/mol. The van der Waals surface area contributed by atoms with Crippen molar-refractivity contribution < 1.29 is 41.4 Å². The number of carboxylic acid groups (broad SMARTS) is 1. The van der Waals surface area contributed by atoms with Gasteiger partial charge >= 0.3 is 18.2 Å². The zero-order valence-corrected chi connectivity index (χ0v) is 32.3. The van der Waals surface area contributed by atoms with Crippen LogP contribution in [0.3, 0.4) is 0 Å². The van der Waals surface area contributed by atoms with E-state index >= 15 is 8.78 Å². The van der Waals surface area contributed by atoms with Crippen LogP contribution in [0.1, 0.15) is 33.5 Å². The molecule has 1 atom stereocenters. The number of aromatic nitrogens is 8. The van der Waals surface area contributed by atoms with Crippen LogP contribution in [0.25, 0.3) is 33.4 Å². The number of benzene rings is 2. The van der Waals surface area contributed by atoms with E-state index in [1.165, 1.54) is 16.7 Å². The number of hydrogen-bond donors (Lipinski definition) is 1. The number of halogens is 5. The number of amides is 1. The van der Waals surface area contributed by atoms with Gasteiger partial charge in [0.1, 0.15) is 11.5 Å². The number of ether oxygens (including phenoxy) is 1. The Hall–Kier alpha value is -6.53. The van der Waals surface area contributed by atoms with Crippen molar-refractivity contribution in [1.29, 1.82) is 0 Å². The number of anilines is 2. The van der Waals surface area contributed by atoms with E-state index in [2.05, 4.69) is 25.4 Å². The largest absolute Gasteiger partial charge is 0.490 e. The van der Waals surface area contributed by atoms with Crippen molar-refractivity contribution in [2.24, 2.45) is 13.0 Å². The summed E-state index contributed by atoms with van der Waals surface area (Å²) in [5, 5.41) is 20.6. The maximum atomic E-state index is 15.9. The van der Waals surface area contributed by atoms with E-state index in [-0.39, 0.29) is 25.5 Å². The van der Waals surface area contributed by atoms with Gasteiger partial charge in [-0.1, -0.05) is 23.4 Å². The number of carbonyl (C=O) groups excluding carboxylic acids is 1. The Morgan fingerprint density at radius 2 is 1.74 bits per heavy atom. The summed E-state index contributed by atoms with van der Waals surface area (Å²) in [6.07, 6.45) is 1.83. The summed E-state index contributed by atoms with van der Waals surface area (Å²) >= 11 is 0. The topological polar surface area (TPSA) is 157 Å². The second-order valence-electron chi connectivity index (χ2n) is 13.9. The molecule has 1 amide bonds. The van der Waals surface area contributed by atoms with Crippen LogP contribution in [0.15, 0.2) is 67.3 Å². The second kappa shape index (κ2) is 16.1. The number of nitrogens with zero attached hydrogens (tertiary/aromatic N) is 10. The van der Waals surface area contributed by atoms with Gasteiger partial charge in [-0.2, -0.15) is 23.3 Å². The average Bonchev–Trinajstić information content (AvgIpc) is 3.85. The third-order valence-electron chi connectivity index (χ3n) is 9.99. The number of fused-ring (bicyclic) bond motifs is 1. The van der Waals surface area contributed by atoms with Gasteiger partial charge in [0.15, 0.2) is 0 Å². The molecule has 58 heavy (non-hydrogen) atoms. The molecule has 1 N–H and O–H groups in total. The van der Waals surface area contributed by atoms with Gasteiger partial charge in [-0.15, -0.1) is 5.10 Å². The number of pyridine rings is 1. The van der Waals surface area contributed by atoms with Gasteiger partial charge in [0, 0.05) is 61.2 Å². The van der Waals surface area contributed by atoms with E-state index < -0.39 is 36.4 Å². The van der Waals surface area contributed by atoms with Crippen molar-refractivity contribution >= 4 is 34.3 Å². The first-order valence-electron chi connectivity index (χ1n) is 17.9. The molecule has 1 saturated heterocycles. The number of piperidine rings is 1. The van der Waals surface area contributed by atoms with E-state index in [1.54, 1.807) is 42.5 Å². The Kier molecular flexibility index (Phi) is 11.4. The molecule has 1 unspecified atom stereocenters. The molecule has 0 saturated carbocycles. The molecule has 2 aromatic carbocycles. The lowest BCUT2D eigenvalue weighted by atomic mass is 9.91. The molecule has 0 bridgehead atoms. The van der Waals surface area contributed by atoms with Crippen LogP contribution in [-0.4, -0.2) is 101 Å². The fourth-order valence-corrected chi connectivity index (χ4v) is 6.54. The summed E-state index contributed by atoms with van der Waals surface area (Å²) < 4.78 is 71.8. The van der Waals surface area contributed by atoms with Crippen LogP contribution in [-0.2, 0) is 18.4 Å². The fraction of sp³-hybridized carbons (Fsp3) is 0.333. The summed E-state index contributed by atoms with van der Waals surface area (Å²) in [6, 6.07) is 13.4. The van der Waals surface area contributed by atoms with Crippen molar-refractivity contribution in [3.63, 3.8) is 0 Å². The summed E-state index contributed by atoms with van der Waals surface area (Å²) in [7, 11) is 5.19. The zero-order chi connectivity index (χ0) is 42.1. The lowest BCUT2D eigenvalue weighted by molar-refractivity contribution is -0.192. The molecule has 0 aliphatic carbocycles. The van der Waals surface area contributed by atoms with Crippen molar-refractivity contribution in [1.82, 2.24) is 44.6 Å². The minimum atomic E-state index is -5.08. The van der Waals surface area contributed by atoms with E-state index in [9.17, 15) is 18.0 Å². The predicted molar refractivity (Wildman–Crippen MR) is 203 cm³/mol. The first kappa shape index (κ1) is 41.1. The van der Waals surface area contributed by atoms with Gasteiger partial charge in [0.25, 0.3) is 11.8 Å². The van der Waals surface area contributed by atoms with Gasteiger partial charge in [-0.05, 0) is 68.1 Å². The highest BCUT2D eigenvalue weighted by Crippen LogP contribution is 2.37. The Morgan fingerprint density at radius 3 is 2.40 bits per heavy atom. The van der Waals surface area contributed by atoms with E-state index in [4.69, 9.17) is 19.6 Å². The van der Waals surface area contributed by atoms with Crippen molar-refractivity contribution in [2.75, 3.05) is 32.1 Å². The number of methoxy groups -OCH3 is 1. The summed E-state index contributed by atoms with van der Waals surface area (Å²) in [5.74, 6) is -6.75. The van der Waals surface area contributed by atoms with Crippen LogP contribution >= 0.6 is 0 Å². The molecule has 304 valence electrons. The number of carbonyl (C=O) groups is 2. The van der Waals surface area contributed by atoms with Gasteiger partial charge in [0.2, 0.25) is 0 Å². The molecule has 1 fully saturated rings. The SMILES string of the molecule is COc1nccc(N(C)c2ccc(C)c(-c3cn(CC4CCN(C(=O)c5cc(-c6cnn(C)c6)nc6c(C)c(C)ccc56)CC4(F)F)nn3)c2)n1.O=C(O)C(F)(F)F. The molecular formula is C39H39F5N10O4. The van der Waals surface area contributed by atoms with E-state index in [1.807, 2.05) is 69.2 Å². The van der Waals surface area contributed by atoms with Crippen LogP contribution < -0.4 is 9.64 Å². The predicted octanol–water partition coefficient (Wildman–Crippen LogP) is 6.82. The highest BCUT2D eigenvalue weighted by atomic mass is 19.4. The fourth-order valence-electron chi connectivity index (χ4n) is 6.54. The normalized spacial score (nSPS) is 15.2. The zero-order valence-electron chi connectivity index (χ0n) is 32.3. The summed E-state index contributed by atoms with van der Waals surface area (Å²) in [4.78, 5) is 39.4. The first-order valence-corrected chi connectivity index (χ1v) is 17.9. The van der Waals surface area contributed by atoms with Crippen molar-refractivity contribution in [3.05, 3.63) is 89.5 Å². The lowest BCUT2D eigenvalue weighted by Gasteiger charge is -2.38. The van der Waals surface area contributed by atoms with Crippen molar-refractivity contribution in [3.8, 4) is 28.5 Å². The van der Waals surface area contributed by atoms with E-state index in [0.29, 0.717) is 33.7 Å². The Labute approximate surface area is 328 Å². The maximum absolute atomic E-state index is 15.9. The molecule has 14 nitrogen and oxygen atoms in total. The van der Waals surface area contributed by atoms with Gasteiger partial charge < -0.3 is 19.6 Å². The third kappa shape index (κ3) is 8.72. The second-order valence-corrected chi connectivity index (χ2v) is 13.9. The number of hydrogen-bond acceptors (Lipinski definition) is 10. The lowest BCUT2D eigenvalue weighted by Crippen LogP contribution is -2.51. The molecule has 5 heterocycles. The number of aryl methyl sites for hydroxylation is 4. The first-order chi connectivity index (χ1) is 27.4. The Balaban J connectivity index is 0.000000743. The molecule has 4 aromatic heterocycles. The highest BCUT2D eigenvalue weighted by molar-refractivity contribution is 6.08. The monoisotopic (exact) mass is 806 g/mol. The van der Waals surface area contributed by atoms with Crippen LogP contribution in [0.5, 0.6) is 6.01 Å². The standard InChI is InChI=1S/C37H38F2N10O2.C2HF3O2/c1-22-8-10-28-30(16-31(42-34(28)24(22)3)25-17-41-46(4)18-25)35(50)48-14-12-26(37(38,39)21-48)19-49-20-32(44-45-49)29-15-27(9-7-23(29)2)47(5)33-11-13-40-36(43-33)51-6;3-2(4,5)1(6)7/h7-11,13,15-18,20,26H,12,14,19,21H2,1-6H3;(H,6,7). The quantitative estimate of drug-likeness (QED) is 0.161. The molecule has 19 heteroatoms. The molecule has 7 rings (SSSR count). The number of likely N-dealkylation sites (tertiary alicyclic amines) is 1. The van der Waals surface area contributed by atoms with Gasteiger partial charge in [0.05, 0.1) is 49.4 Å². The molecule has 0 radical (unpaired) electrons. The molecule has 6 aromatic rings. The molecule has 1 aliphatic rings. The molecular weight excluding hydrogens is 767 g/mol. The van der Waals surface area contributed by atoms with Crippen molar-refractivity contribution in [2.45, 2.75) is 45.8 Å². The van der Waals surface area contributed by atoms with Crippen LogP contribution in [0.2, 0.25) is 0 Å². The minimum absolute atomic E-state index is 0.0385. The number of aliphatic carboxylic acids is 1. The highest BCUT2D eigenvalue weighted by Gasteiger charge is 2.46. The third-order valence-corrected chi connectivity index (χ3v) is 9.99. The van der Waals surface area contributed by atoms with Crippen LogP contribution in [0, 0.1) is 26.7 Å². The summed E-state index contributed by atoms with van der Waals surface area (Å²) in [6.45, 7) is 5.34. The number of carboxylic acids is 1. The number of alkyl halides is 5. The molecule has 0 spiro atoms. The van der Waals surface area contributed by atoms with Gasteiger partial charge in [-0.3, -0.25) is 14.2 Å². The van der Waals surface area contributed by atoms with Gasteiger partial charge in [-0.25, -0.2) is 23.5 Å². The Morgan fingerprint density at radius 1 is 1.02 bits per heavy atom. The Bertz CT molecular complexity index is 2490. The van der Waals surface area contributed by atoms with E-state index in [0.717, 1.165) is 33.5 Å². The molecule has 1 aliphatic heterocycles.